The second-order valence-electron chi connectivity index (χ2n) is 3.70. The van der Waals surface area contributed by atoms with Gasteiger partial charge in [-0.05, 0) is 39.7 Å². The van der Waals surface area contributed by atoms with Gasteiger partial charge in [0, 0.05) is 11.6 Å². The average molecular weight is 398 g/mol. The van der Waals surface area contributed by atoms with E-state index >= 15 is 0 Å². The van der Waals surface area contributed by atoms with Gasteiger partial charge in [0.2, 0.25) is 9.94 Å². The van der Waals surface area contributed by atoms with Crippen molar-refractivity contribution in [2.75, 3.05) is 4.72 Å². The van der Waals surface area contributed by atoms with Crippen LogP contribution >= 0.6 is 39.1 Å². The number of rotatable bonds is 3. The topological polar surface area (TPSA) is 46.2 Å². The molecule has 0 spiro atoms. The third kappa shape index (κ3) is 3.22. The first-order valence-electron chi connectivity index (χ1n) is 5.15. The lowest BCUT2D eigenvalue weighted by molar-refractivity contribution is 0.603. The number of allylic oxidation sites excluding steroid dienone is 5. The van der Waals surface area contributed by atoms with E-state index < -0.39 is 15.8 Å². The highest BCUT2D eigenvalue weighted by molar-refractivity contribution is 9.10. The van der Waals surface area contributed by atoms with Gasteiger partial charge in [0.1, 0.15) is 6.08 Å². The Morgan fingerprint density at radius 3 is 2.70 bits per heavy atom. The van der Waals surface area contributed by atoms with Gasteiger partial charge in [0.25, 0.3) is 0 Å². The van der Waals surface area contributed by atoms with Gasteiger partial charge in [-0.3, -0.25) is 4.72 Å². The summed E-state index contributed by atoms with van der Waals surface area (Å²) in [4.78, 5) is -0.272. The van der Waals surface area contributed by atoms with Crippen LogP contribution in [-0.2, 0) is 10.0 Å². The van der Waals surface area contributed by atoms with Gasteiger partial charge in [0.15, 0.2) is 10.8 Å². The Morgan fingerprint density at radius 1 is 1.30 bits per heavy atom. The van der Waals surface area contributed by atoms with Gasteiger partial charge < -0.3 is 0 Å². The van der Waals surface area contributed by atoms with E-state index in [9.17, 15) is 12.8 Å². The summed E-state index contributed by atoms with van der Waals surface area (Å²) in [5, 5.41) is 0.0294. The molecule has 0 radical (unpaired) electrons. The number of nitrogens with one attached hydrogen (secondary N) is 1. The fraction of sp³-hybridized carbons (Fsp3) is 0. The molecule has 0 aliphatic heterocycles. The fourth-order valence-corrected chi connectivity index (χ4v) is 3.55. The van der Waals surface area contributed by atoms with Crippen molar-refractivity contribution >= 4 is 54.8 Å². The standard InChI is InChI=1S/C12H6BrCl2FNO2S/c13-8-2-1-3-10(12(8)16)17-20(18,19)11-6-7(14)4-5-9(11)15/h1-4,6,17H/q+1. The molecule has 0 amide bonds. The molecule has 1 aliphatic carbocycles. The molecule has 8 heteroatoms. The number of hydrogen-bond acceptors (Lipinski definition) is 2. The summed E-state index contributed by atoms with van der Waals surface area (Å²) < 4.78 is 40.4. The summed E-state index contributed by atoms with van der Waals surface area (Å²) in [6.07, 6.45) is 5.00. The second-order valence-corrected chi connectivity index (χ2v) is 7.02. The molecular formula is C12H6BrCl2FNO2S+. The molecule has 104 valence electrons. The molecule has 0 heterocycles. The maximum atomic E-state index is 13.8. The zero-order chi connectivity index (χ0) is 14.9. The first-order valence-corrected chi connectivity index (χ1v) is 8.18. The van der Waals surface area contributed by atoms with Crippen LogP contribution < -0.4 is 4.72 Å². The second kappa shape index (κ2) is 5.84. The molecule has 1 aromatic rings. The Bertz CT molecular complexity index is 757. The van der Waals surface area contributed by atoms with Gasteiger partial charge >= 0.3 is 10.0 Å². The lowest BCUT2D eigenvalue weighted by Crippen LogP contribution is -2.16. The van der Waals surface area contributed by atoms with Crippen molar-refractivity contribution in [1.82, 2.24) is 0 Å². The molecule has 0 unspecified atom stereocenters. The summed E-state index contributed by atoms with van der Waals surface area (Å²) in [6, 6.07) is 4.24. The Balaban J connectivity index is 2.43. The Kier molecular flexibility index (Phi) is 4.52. The minimum absolute atomic E-state index is 0.127. The summed E-state index contributed by atoms with van der Waals surface area (Å²) >= 11 is 14.5. The number of halogens is 4. The molecule has 3 nitrogen and oxygen atoms in total. The van der Waals surface area contributed by atoms with Gasteiger partial charge in [-0.15, -0.1) is 0 Å². The highest BCUT2D eigenvalue weighted by Crippen LogP contribution is 2.29. The zero-order valence-corrected chi connectivity index (χ0v) is 13.5. The fourth-order valence-electron chi connectivity index (χ4n) is 1.41. The van der Waals surface area contributed by atoms with Crippen LogP contribution in [0, 0.1) is 11.9 Å². The lowest BCUT2D eigenvalue weighted by atomic mass is 10.3. The van der Waals surface area contributed by atoms with Crippen molar-refractivity contribution in [3.05, 3.63) is 61.7 Å². The summed E-state index contributed by atoms with van der Waals surface area (Å²) in [5.41, 5.74) is -0.199. The van der Waals surface area contributed by atoms with E-state index in [1.54, 1.807) is 0 Å². The summed E-state index contributed by atoms with van der Waals surface area (Å²) in [7, 11) is -4.06. The molecule has 2 rings (SSSR count). The third-order valence-corrected chi connectivity index (χ3v) is 4.95. The smallest absolute Gasteiger partial charge is 0.266 e. The minimum Gasteiger partial charge on any atom is -0.266 e. The minimum atomic E-state index is -4.06. The van der Waals surface area contributed by atoms with Gasteiger partial charge in [-0.25, -0.2) is 4.39 Å². The molecule has 0 saturated heterocycles. The molecule has 1 N–H and O–H groups in total. The zero-order valence-electron chi connectivity index (χ0n) is 9.62. The number of anilines is 1. The van der Waals surface area contributed by atoms with E-state index in [0.29, 0.717) is 0 Å². The Morgan fingerprint density at radius 2 is 2.00 bits per heavy atom. The van der Waals surface area contributed by atoms with Crippen LogP contribution in [0.2, 0.25) is 0 Å². The van der Waals surface area contributed by atoms with E-state index in [1.807, 2.05) is 0 Å². The number of benzene rings is 1. The van der Waals surface area contributed by atoms with E-state index in [4.69, 9.17) is 23.2 Å². The van der Waals surface area contributed by atoms with Crippen LogP contribution in [0.1, 0.15) is 0 Å². The van der Waals surface area contributed by atoms with Crippen molar-refractivity contribution in [3.8, 4) is 0 Å². The largest absolute Gasteiger partial charge is 0.310 e. The maximum Gasteiger partial charge on any atom is 0.310 e. The van der Waals surface area contributed by atoms with Gasteiger partial charge in [-0.1, -0.05) is 6.07 Å². The molecule has 20 heavy (non-hydrogen) atoms. The molecule has 0 fully saturated rings. The molecule has 0 bridgehead atoms. The highest BCUT2D eigenvalue weighted by Gasteiger charge is 2.30. The lowest BCUT2D eigenvalue weighted by Gasteiger charge is -2.08. The third-order valence-electron chi connectivity index (χ3n) is 2.31. The normalized spacial score (nSPS) is 14.9. The van der Waals surface area contributed by atoms with Crippen LogP contribution in [0.4, 0.5) is 10.1 Å². The van der Waals surface area contributed by atoms with Crippen molar-refractivity contribution in [3.63, 3.8) is 0 Å². The van der Waals surface area contributed by atoms with Crippen LogP contribution in [0.3, 0.4) is 0 Å². The monoisotopic (exact) mass is 396 g/mol. The SMILES string of the molecule is O=S(=O)(Nc1cccc(Br)c1F)C1=C(Cl)[C+]=CC(Cl)=C1. The van der Waals surface area contributed by atoms with Crippen LogP contribution in [-0.4, -0.2) is 8.42 Å². The Labute approximate surface area is 133 Å². The van der Waals surface area contributed by atoms with Crippen LogP contribution in [0.15, 0.2) is 49.8 Å². The quantitative estimate of drug-likeness (QED) is 0.774. The number of sulfonamides is 1. The van der Waals surface area contributed by atoms with Crippen molar-refractivity contribution in [2.45, 2.75) is 0 Å². The average Bonchev–Trinajstić information content (AvgIpc) is 2.37. The first-order chi connectivity index (χ1) is 9.31. The summed E-state index contributed by atoms with van der Waals surface area (Å²) in [5.74, 6) is -0.724. The van der Waals surface area contributed by atoms with E-state index in [0.717, 1.165) is 0 Å². The molecular weight excluding hydrogens is 392 g/mol. The van der Waals surface area contributed by atoms with E-state index in [2.05, 4.69) is 26.7 Å². The van der Waals surface area contributed by atoms with Crippen molar-refractivity contribution in [1.29, 1.82) is 0 Å². The first kappa shape index (κ1) is 15.5. The number of hydrogen-bond donors (Lipinski definition) is 1. The highest BCUT2D eigenvalue weighted by atomic mass is 79.9. The van der Waals surface area contributed by atoms with Gasteiger partial charge in [0.05, 0.1) is 22.3 Å². The molecule has 0 atom stereocenters. The Hall–Kier alpha value is -0.910. The maximum absolute atomic E-state index is 13.8. The predicted molar refractivity (Wildman–Crippen MR) is 81.3 cm³/mol. The van der Waals surface area contributed by atoms with E-state index in [-0.39, 0.29) is 25.1 Å². The van der Waals surface area contributed by atoms with Crippen LogP contribution in [0.25, 0.3) is 0 Å². The van der Waals surface area contributed by atoms with Crippen molar-refractivity contribution in [2.24, 2.45) is 0 Å². The molecule has 0 aromatic heterocycles. The predicted octanol–water partition coefficient (Wildman–Crippen LogP) is 4.28. The molecule has 1 aliphatic rings. The molecule has 0 saturated carbocycles. The molecule has 1 aromatic carbocycles. The van der Waals surface area contributed by atoms with Crippen molar-refractivity contribution < 1.29 is 12.8 Å². The van der Waals surface area contributed by atoms with E-state index in [1.165, 1.54) is 30.4 Å². The summed E-state index contributed by atoms with van der Waals surface area (Å²) in [6.45, 7) is 0. The van der Waals surface area contributed by atoms with Gasteiger partial charge in [-0.2, -0.15) is 8.42 Å². The van der Waals surface area contributed by atoms with Crippen LogP contribution in [0.5, 0.6) is 0 Å².